The number of aryl methyl sites for hydroxylation is 3. The van der Waals surface area contributed by atoms with Gasteiger partial charge in [-0.2, -0.15) is 0 Å². The molecule has 0 spiro atoms. The van der Waals surface area contributed by atoms with Crippen LogP contribution < -0.4 is 15.8 Å². The van der Waals surface area contributed by atoms with E-state index >= 15 is 0 Å². The smallest absolute Gasteiger partial charge is 0.250 e. The Morgan fingerprint density at radius 2 is 1.97 bits per heavy atom. The molecule has 1 heterocycles. The van der Waals surface area contributed by atoms with Crippen LogP contribution >= 0.6 is 0 Å². The van der Waals surface area contributed by atoms with Crippen LogP contribution in [0.3, 0.4) is 0 Å². The van der Waals surface area contributed by atoms with Crippen molar-refractivity contribution in [2.75, 3.05) is 19.8 Å². The SMILES string of the molecule is Cc1cccc(C)c1OCCNC(C)Cc1cc(C(N)=O)c2c(ccn2CCCO)c1. The van der Waals surface area contributed by atoms with Gasteiger partial charge in [0.2, 0.25) is 0 Å². The van der Waals surface area contributed by atoms with Crippen molar-refractivity contribution in [3.63, 3.8) is 0 Å². The Bertz CT molecular complexity index is 1020. The summed E-state index contributed by atoms with van der Waals surface area (Å²) in [4.78, 5) is 12.1. The van der Waals surface area contributed by atoms with Crippen molar-refractivity contribution < 1.29 is 14.6 Å². The third-order valence-electron chi connectivity index (χ3n) is 5.53. The molecule has 0 aliphatic rings. The molecule has 0 bridgehead atoms. The Kier molecular flexibility index (Phi) is 7.71. The third kappa shape index (κ3) is 5.66. The van der Waals surface area contributed by atoms with E-state index in [0.29, 0.717) is 25.1 Å². The third-order valence-corrected chi connectivity index (χ3v) is 5.53. The Hall–Kier alpha value is -2.83. The molecule has 0 radical (unpaired) electrons. The molecule has 0 fully saturated rings. The number of benzene rings is 2. The number of aliphatic hydroxyl groups is 1. The van der Waals surface area contributed by atoms with E-state index in [1.54, 1.807) is 0 Å². The van der Waals surface area contributed by atoms with Gasteiger partial charge in [0, 0.05) is 37.3 Å². The fourth-order valence-corrected chi connectivity index (χ4v) is 4.06. The van der Waals surface area contributed by atoms with Crippen molar-refractivity contribution in [3.05, 3.63) is 64.8 Å². The summed E-state index contributed by atoms with van der Waals surface area (Å²) in [7, 11) is 0. The van der Waals surface area contributed by atoms with Crippen LogP contribution in [-0.2, 0) is 13.0 Å². The Morgan fingerprint density at radius 3 is 2.65 bits per heavy atom. The largest absolute Gasteiger partial charge is 0.492 e. The molecule has 31 heavy (non-hydrogen) atoms. The molecule has 3 aromatic rings. The number of hydrogen-bond acceptors (Lipinski definition) is 4. The van der Waals surface area contributed by atoms with E-state index in [0.717, 1.165) is 46.3 Å². The first kappa shape index (κ1) is 22.8. The Labute approximate surface area is 184 Å². The molecule has 166 valence electrons. The van der Waals surface area contributed by atoms with Gasteiger partial charge < -0.3 is 25.5 Å². The lowest BCUT2D eigenvalue weighted by Crippen LogP contribution is -2.32. The number of nitrogens with two attached hydrogens (primary N) is 1. The predicted octanol–water partition coefficient (Wildman–Crippen LogP) is 3.34. The van der Waals surface area contributed by atoms with Gasteiger partial charge in [-0.25, -0.2) is 0 Å². The first-order valence-electron chi connectivity index (χ1n) is 10.9. The molecule has 1 atom stereocenters. The van der Waals surface area contributed by atoms with Crippen molar-refractivity contribution in [2.24, 2.45) is 5.73 Å². The highest BCUT2D eigenvalue weighted by Crippen LogP contribution is 2.24. The summed E-state index contributed by atoms with van der Waals surface area (Å²) >= 11 is 0. The van der Waals surface area contributed by atoms with Crippen molar-refractivity contribution in [1.82, 2.24) is 9.88 Å². The van der Waals surface area contributed by atoms with Gasteiger partial charge in [0.05, 0.1) is 11.1 Å². The van der Waals surface area contributed by atoms with Gasteiger partial charge in [0.25, 0.3) is 5.91 Å². The molecule has 6 heteroatoms. The quantitative estimate of drug-likeness (QED) is 0.413. The molecule has 6 nitrogen and oxygen atoms in total. The van der Waals surface area contributed by atoms with Gasteiger partial charge in [-0.1, -0.05) is 18.2 Å². The summed E-state index contributed by atoms with van der Waals surface area (Å²) in [5.74, 6) is 0.526. The molecule has 1 aromatic heterocycles. The molecule has 1 unspecified atom stereocenters. The standard InChI is InChI=1S/C25H33N3O3/c1-17-6-4-7-18(2)24(17)31-13-9-27-19(3)14-20-15-21-8-11-28(10-5-12-29)23(21)22(16-20)25(26)30/h4,6-8,11,15-16,19,27,29H,5,9-10,12-14H2,1-3H3,(H2,26,30). The minimum Gasteiger partial charge on any atom is -0.492 e. The Morgan fingerprint density at radius 1 is 1.23 bits per heavy atom. The number of rotatable bonds is 11. The lowest BCUT2D eigenvalue weighted by molar-refractivity contribution is 0.100. The second-order valence-corrected chi connectivity index (χ2v) is 8.16. The van der Waals surface area contributed by atoms with Crippen LogP contribution in [0.15, 0.2) is 42.6 Å². The molecule has 4 N–H and O–H groups in total. The maximum absolute atomic E-state index is 12.1. The fourth-order valence-electron chi connectivity index (χ4n) is 4.06. The zero-order valence-electron chi connectivity index (χ0n) is 18.6. The molecule has 0 saturated carbocycles. The van der Waals surface area contributed by atoms with Gasteiger partial charge in [-0.05, 0) is 68.5 Å². The van der Waals surface area contributed by atoms with Crippen LogP contribution in [0.1, 0.15) is 40.4 Å². The zero-order chi connectivity index (χ0) is 22.4. The second-order valence-electron chi connectivity index (χ2n) is 8.16. The van der Waals surface area contributed by atoms with Gasteiger partial charge >= 0.3 is 0 Å². The molecular weight excluding hydrogens is 390 g/mol. The van der Waals surface area contributed by atoms with E-state index in [2.05, 4.69) is 44.3 Å². The van der Waals surface area contributed by atoms with Crippen LogP contribution in [0.4, 0.5) is 0 Å². The summed E-state index contributed by atoms with van der Waals surface area (Å²) in [6, 6.07) is 12.4. The summed E-state index contributed by atoms with van der Waals surface area (Å²) in [5.41, 5.74) is 10.4. The van der Waals surface area contributed by atoms with E-state index in [-0.39, 0.29) is 12.6 Å². The number of aromatic nitrogens is 1. The fraction of sp³-hybridized carbons (Fsp3) is 0.400. The highest BCUT2D eigenvalue weighted by molar-refractivity contribution is 6.05. The van der Waals surface area contributed by atoms with Crippen LogP contribution in [0.25, 0.3) is 10.9 Å². The molecule has 3 rings (SSSR count). The normalized spacial score (nSPS) is 12.3. The maximum Gasteiger partial charge on any atom is 0.250 e. The van der Waals surface area contributed by atoms with E-state index in [9.17, 15) is 4.79 Å². The van der Waals surface area contributed by atoms with Crippen LogP contribution in [0.2, 0.25) is 0 Å². The number of nitrogens with one attached hydrogen (secondary N) is 1. The van der Waals surface area contributed by atoms with Crippen molar-refractivity contribution in [1.29, 1.82) is 0 Å². The molecular formula is C25H33N3O3. The van der Waals surface area contributed by atoms with Gasteiger partial charge in [-0.15, -0.1) is 0 Å². The summed E-state index contributed by atoms with van der Waals surface area (Å²) in [6.07, 6.45) is 3.36. The van der Waals surface area contributed by atoms with Crippen LogP contribution in [0, 0.1) is 13.8 Å². The molecule has 1 amide bonds. The first-order valence-corrected chi connectivity index (χ1v) is 10.9. The monoisotopic (exact) mass is 423 g/mol. The van der Waals surface area contributed by atoms with Gasteiger partial charge in [0.15, 0.2) is 0 Å². The van der Waals surface area contributed by atoms with Gasteiger partial charge in [0.1, 0.15) is 12.4 Å². The van der Waals surface area contributed by atoms with Crippen LogP contribution in [-0.4, -0.2) is 41.4 Å². The number of ether oxygens (including phenoxy) is 1. The molecule has 0 aliphatic carbocycles. The number of amides is 1. The second kappa shape index (κ2) is 10.5. The predicted molar refractivity (Wildman–Crippen MR) is 125 cm³/mol. The average molecular weight is 424 g/mol. The molecule has 0 saturated heterocycles. The molecule has 0 aliphatic heterocycles. The number of carbonyl (C=O) groups is 1. The zero-order valence-corrected chi connectivity index (χ0v) is 18.6. The summed E-state index contributed by atoms with van der Waals surface area (Å²) < 4.78 is 7.96. The topological polar surface area (TPSA) is 89.5 Å². The lowest BCUT2D eigenvalue weighted by Gasteiger charge is -2.17. The van der Waals surface area contributed by atoms with Crippen molar-refractivity contribution in [2.45, 2.75) is 46.2 Å². The number of aliphatic hydroxyl groups excluding tert-OH is 1. The minimum atomic E-state index is -0.432. The summed E-state index contributed by atoms with van der Waals surface area (Å²) in [5, 5.41) is 13.6. The highest BCUT2D eigenvalue weighted by Gasteiger charge is 2.14. The lowest BCUT2D eigenvalue weighted by atomic mass is 10.0. The highest BCUT2D eigenvalue weighted by atomic mass is 16.5. The van der Waals surface area contributed by atoms with E-state index in [4.69, 9.17) is 15.6 Å². The number of carbonyl (C=O) groups excluding carboxylic acids is 1. The number of hydrogen-bond donors (Lipinski definition) is 3. The van der Waals surface area contributed by atoms with E-state index in [1.165, 1.54) is 0 Å². The number of fused-ring (bicyclic) bond motifs is 1. The number of nitrogens with zero attached hydrogens (tertiary/aromatic N) is 1. The van der Waals surface area contributed by atoms with Crippen LogP contribution in [0.5, 0.6) is 5.75 Å². The number of para-hydroxylation sites is 1. The number of primary amides is 1. The summed E-state index contributed by atoms with van der Waals surface area (Å²) in [6.45, 7) is 8.33. The average Bonchev–Trinajstić information content (AvgIpc) is 3.13. The first-order chi connectivity index (χ1) is 14.9. The van der Waals surface area contributed by atoms with Crippen molar-refractivity contribution in [3.8, 4) is 5.75 Å². The van der Waals surface area contributed by atoms with E-state index < -0.39 is 5.91 Å². The minimum absolute atomic E-state index is 0.111. The van der Waals surface area contributed by atoms with Gasteiger partial charge in [-0.3, -0.25) is 4.79 Å². The van der Waals surface area contributed by atoms with E-state index in [1.807, 2.05) is 29.0 Å². The molecule has 2 aromatic carbocycles. The van der Waals surface area contributed by atoms with Crippen molar-refractivity contribution >= 4 is 16.8 Å². The Balaban J connectivity index is 1.62. The maximum atomic E-state index is 12.1.